The fourth-order valence-electron chi connectivity index (χ4n) is 1.03. The third kappa shape index (κ3) is 4.91. The van der Waals surface area contributed by atoms with Gasteiger partial charge in [-0.15, -0.1) is 0 Å². The van der Waals surface area contributed by atoms with E-state index < -0.39 is 24.8 Å². The molecule has 102 valence electrons. The number of nitrogens with one attached hydrogen (secondary N) is 1. The van der Waals surface area contributed by atoms with E-state index in [0.717, 1.165) is 0 Å². The van der Waals surface area contributed by atoms with E-state index in [1.807, 2.05) is 0 Å². The normalized spacial score (nSPS) is 12.6. The highest BCUT2D eigenvalue weighted by Crippen LogP contribution is 2.24. The summed E-state index contributed by atoms with van der Waals surface area (Å²) in [5.74, 6) is -0.505. The molecular weight excluding hydrogens is 345 g/mol. The van der Waals surface area contributed by atoms with Crippen LogP contribution >= 0.6 is 33.9 Å². The Balaban J connectivity index is 2.84. The van der Waals surface area contributed by atoms with Crippen molar-refractivity contribution < 1.29 is 16.8 Å². The number of rotatable bonds is 5. The summed E-state index contributed by atoms with van der Waals surface area (Å²) >= 11 is 11.3. The van der Waals surface area contributed by atoms with E-state index in [1.54, 1.807) is 0 Å². The molecule has 0 aliphatic carbocycles. The first-order valence-corrected chi connectivity index (χ1v) is 9.20. The second-order valence-corrected chi connectivity index (χ2v) is 8.69. The highest BCUT2D eigenvalue weighted by atomic mass is 35.7. The molecule has 0 amide bonds. The quantitative estimate of drug-likeness (QED) is 0.820. The van der Waals surface area contributed by atoms with Gasteiger partial charge in [-0.3, -0.25) is 0 Å². The van der Waals surface area contributed by atoms with Crippen molar-refractivity contribution >= 4 is 53.0 Å². The van der Waals surface area contributed by atoms with Crippen LogP contribution < -0.4 is 4.72 Å². The van der Waals surface area contributed by atoms with Gasteiger partial charge in [0.25, 0.3) is 0 Å². The van der Waals surface area contributed by atoms with Crippen molar-refractivity contribution in [1.82, 2.24) is 4.72 Å². The zero-order valence-electron chi connectivity index (χ0n) is 8.73. The molecular formula is C8H8Cl3NO4S2. The second-order valence-electron chi connectivity index (χ2n) is 3.22. The topological polar surface area (TPSA) is 80.3 Å². The highest BCUT2D eigenvalue weighted by Gasteiger charge is 2.16. The number of hydrogen-bond acceptors (Lipinski definition) is 4. The van der Waals surface area contributed by atoms with E-state index in [9.17, 15) is 16.8 Å². The minimum Gasteiger partial charge on any atom is -0.212 e. The molecule has 0 saturated heterocycles. The van der Waals surface area contributed by atoms with E-state index in [0.29, 0.717) is 0 Å². The van der Waals surface area contributed by atoms with Crippen LogP contribution in [0.4, 0.5) is 0 Å². The zero-order chi connectivity index (χ0) is 14.0. The maximum Gasteiger partial charge on any atom is 0.240 e. The first-order chi connectivity index (χ1) is 8.12. The number of hydrogen-bond donors (Lipinski definition) is 1. The monoisotopic (exact) mass is 351 g/mol. The molecule has 1 aromatic carbocycles. The average molecular weight is 353 g/mol. The predicted molar refractivity (Wildman–Crippen MR) is 71.3 cm³/mol. The Morgan fingerprint density at radius 2 is 1.67 bits per heavy atom. The van der Waals surface area contributed by atoms with Gasteiger partial charge < -0.3 is 0 Å². The third-order valence-corrected chi connectivity index (χ3v) is 5.19. The van der Waals surface area contributed by atoms with E-state index in [4.69, 9.17) is 33.9 Å². The van der Waals surface area contributed by atoms with Gasteiger partial charge in [0.2, 0.25) is 19.1 Å². The molecule has 1 aromatic rings. The lowest BCUT2D eigenvalue weighted by atomic mass is 10.4. The summed E-state index contributed by atoms with van der Waals surface area (Å²) in [6, 6.07) is 3.75. The lowest BCUT2D eigenvalue weighted by molar-refractivity contribution is 0.582. The van der Waals surface area contributed by atoms with Gasteiger partial charge in [0.05, 0.1) is 20.7 Å². The Morgan fingerprint density at radius 3 is 2.17 bits per heavy atom. The van der Waals surface area contributed by atoms with Gasteiger partial charge in [-0.25, -0.2) is 21.6 Å². The standard InChI is InChI=1S/C8H8Cl3NO4S2/c9-7-2-1-6(5-8(7)10)18(15,16)12-3-4-17(11,13)14/h1-2,5,12H,3-4H2. The lowest BCUT2D eigenvalue weighted by Gasteiger charge is -2.06. The Morgan fingerprint density at radius 1 is 1.06 bits per heavy atom. The molecule has 1 N–H and O–H groups in total. The molecule has 10 heteroatoms. The van der Waals surface area contributed by atoms with E-state index in [1.165, 1.54) is 18.2 Å². The van der Waals surface area contributed by atoms with Crippen LogP contribution in [0.5, 0.6) is 0 Å². The molecule has 0 fully saturated rings. The van der Waals surface area contributed by atoms with E-state index in [2.05, 4.69) is 4.72 Å². The highest BCUT2D eigenvalue weighted by molar-refractivity contribution is 8.13. The van der Waals surface area contributed by atoms with Crippen LogP contribution in [-0.2, 0) is 19.1 Å². The predicted octanol–water partition coefficient (Wildman–Crippen LogP) is 1.84. The van der Waals surface area contributed by atoms with Gasteiger partial charge in [-0.05, 0) is 18.2 Å². The molecule has 0 saturated carbocycles. The van der Waals surface area contributed by atoms with Crippen LogP contribution in [0.2, 0.25) is 10.0 Å². The van der Waals surface area contributed by atoms with Gasteiger partial charge in [0.1, 0.15) is 0 Å². The summed E-state index contributed by atoms with van der Waals surface area (Å²) in [6.07, 6.45) is 0. The van der Waals surface area contributed by atoms with Crippen molar-refractivity contribution in [2.75, 3.05) is 12.3 Å². The van der Waals surface area contributed by atoms with Crippen LogP contribution in [0.25, 0.3) is 0 Å². The first kappa shape index (κ1) is 16.0. The molecule has 0 aliphatic rings. The van der Waals surface area contributed by atoms with Crippen LogP contribution in [0.15, 0.2) is 23.1 Å². The molecule has 0 bridgehead atoms. The first-order valence-electron chi connectivity index (χ1n) is 4.49. The minimum atomic E-state index is -3.84. The van der Waals surface area contributed by atoms with Crippen molar-refractivity contribution in [3.8, 4) is 0 Å². The number of benzene rings is 1. The Hall–Kier alpha value is -0.0500. The van der Waals surface area contributed by atoms with Crippen molar-refractivity contribution in [2.45, 2.75) is 4.90 Å². The van der Waals surface area contributed by atoms with Crippen LogP contribution in [0.3, 0.4) is 0 Å². The molecule has 18 heavy (non-hydrogen) atoms. The van der Waals surface area contributed by atoms with Crippen molar-refractivity contribution in [3.05, 3.63) is 28.2 Å². The summed E-state index contributed by atoms with van der Waals surface area (Å²) < 4.78 is 46.8. The maximum atomic E-state index is 11.7. The summed E-state index contributed by atoms with van der Waals surface area (Å²) in [4.78, 5) is -0.108. The molecule has 0 spiro atoms. The summed E-state index contributed by atoms with van der Waals surface area (Å²) in [7, 11) is -2.63. The van der Waals surface area contributed by atoms with Gasteiger partial charge in [0.15, 0.2) is 0 Å². The third-order valence-electron chi connectivity index (χ3n) is 1.84. The molecule has 0 aliphatic heterocycles. The summed E-state index contributed by atoms with van der Waals surface area (Å²) in [5, 5.41) is 0.309. The summed E-state index contributed by atoms with van der Waals surface area (Å²) in [5.41, 5.74) is 0. The Labute approximate surface area is 120 Å². The van der Waals surface area contributed by atoms with E-state index in [-0.39, 0.29) is 21.5 Å². The van der Waals surface area contributed by atoms with Crippen molar-refractivity contribution in [1.29, 1.82) is 0 Å². The van der Waals surface area contributed by atoms with Crippen molar-refractivity contribution in [3.63, 3.8) is 0 Å². The molecule has 0 atom stereocenters. The Kier molecular flexibility index (Phi) is 5.28. The second kappa shape index (κ2) is 5.94. The van der Waals surface area contributed by atoms with Gasteiger partial charge in [0, 0.05) is 17.2 Å². The van der Waals surface area contributed by atoms with Crippen LogP contribution in [0.1, 0.15) is 0 Å². The fourth-order valence-corrected chi connectivity index (χ4v) is 3.15. The van der Waals surface area contributed by atoms with E-state index >= 15 is 0 Å². The molecule has 1 rings (SSSR count). The zero-order valence-corrected chi connectivity index (χ0v) is 12.6. The molecule has 0 aromatic heterocycles. The summed E-state index contributed by atoms with van der Waals surface area (Å²) in [6.45, 7) is -0.325. The lowest BCUT2D eigenvalue weighted by Crippen LogP contribution is -2.28. The minimum absolute atomic E-state index is 0.0875. The molecule has 5 nitrogen and oxygen atoms in total. The largest absolute Gasteiger partial charge is 0.240 e. The molecule has 0 heterocycles. The van der Waals surface area contributed by atoms with Gasteiger partial charge in [-0.2, -0.15) is 0 Å². The molecule has 0 radical (unpaired) electrons. The van der Waals surface area contributed by atoms with Crippen LogP contribution in [0, 0.1) is 0 Å². The average Bonchev–Trinajstić information content (AvgIpc) is 2.19. The smallest absolute Gasteiger partial charge is 0.212 e. The Bertz CT molecular complexity index is 642. The van der Waals surface area contributed by atoms with Gasteiger partial charge >= 0.3 is 0 Å². The van der Waals surface area contributed by atoms with Crippen LogP contribution in [-0.4, -0.2) is 29.1 Å². The number of halogens is 3. The SMILES string of the molecule is O=S(=O)(Cl)CCNS(=O)(=O)c1ccc(Cl)c(Cl)c1. The fraction of sp³-hybridized carbons (Fsp3) is 0.250. The molecule has 0 unspecified atom stereocenters. The van der Waals surface area contributed by atoms with Gasteiger partial charge in [-0.1, -0.05) is 23.2 Å². The maximum absolute atomic E-state index is 11.7. The van der Waals surface area contributed by atoms with Crippen molar-refractivity contribution in [2.24, 2.45) is 0 Å². The number of sulfonamides is 1.